The summed E-state index contributed by atoms with van der Waals surface area (Å²) >= 11 is 0. The highest BCUT2D eigenvalue weighted by Gasteiger charge is 2.41. The van der Waals surface area contributed by atoms with Crippen molar-refractivity contribution in [3.63, 3.8) is 0 Å². The average molecular weight is 183 g/mol. The van der Waals surface area contributed by atoms with Crippen molar-refractivity contribution in [3.05, 3.63) is 0 Å². The molecule has 0 unspecified atom stereocenters. The van der Waals surface area contributed by atoms with E-state index in [2.05, 4.69) is 12.2 Å². The number of carbonyl (C=O) groups excluding carboxylic acids is 1. The van der Waals surface area contributed by atoms with E-state index in [0.29, 0.717) is 5.41 Å². The van der Waals surface area contributed by atoms with Gasteiger partial charge in [0.25, 0.3) is 0 Å². The first-order chi connectivity index (χ1) is 5.90. The van der Waals surface area contributed by atoms with E-state index in [4.69, 9.17) is 0 Å². The summed E-state index contributed by atoms with van der Waals surface area (Å²) in [5.74, 6) is 0.173. The summed E-state index contributed by atoms with van der Waals surface area (Å²) in [5, 5.41) is 3.04. The predicted octanol–water partition coefficient (Wildman–Crippen LogP) is 2.34. The number of carbonyl (C=O) groups is 1. The highest BCUT2D eigenvalue weighted by molar-refractivity contribution is 5.81. The van der Waals surface area contributed by atoms with Crippen molar-refractivity contribution in [2.45, 2.75) is 47.0 Å². The van der Waals surface area contributed by atoms with Gasteiger partial charge in [-0.25, -0.2) is 0 Å². The van der Waals surface area contributed by atoms with E-state index < -0.39 is 0 Å². The molecule has 0 spiro atoms. The van der Waals surface area contributed by atoms with Gasteiger partial charge in [0.1, 0.15) is 0 Å². The number of amides is 1. The highest BCUT2D eigenvalue weighted by atomic mass is 16.2. The summed E-state index contributed by atoms with van der Waals surface area (Å²) in [7, 11) is 0. The Balaban J connectivity index is 2.31. The molecule has 0 aliphatic heterocycles. The molecule has 13 heavy (non-hydrogen) atoms. The molecule has 0 aromatic heterocycles. The summed E-state index contributed by atoms with van der Waals surface area (Å²) < 4.78 is 0. The highest BCUT2D eigenvalue weighted by Crippen LogP contribution is 2.47. The van der Waals surface area contributed by atoms with Crippen LogP contribution in [0.15, 0.2) is 0 Å². The molecule has 0 heterocycles. The van der Waals surface area contributed by atoms with E-state index in [0.717, 1.165) is 6.54 Å². The lowest BCUT2D eigenvalue weighted by molar-refractivity contribution is -0.128. The van der Waals surface area contributed by atoms with E-state index in [1.165, 1.54) is 19.3 Å². The first-order valence-electron chi connectivity index (χ1n) is 5.18. The van der Waals surface area contributed by atoms with Gasteiger partial charge in [-0.1, -0.05) is 27.7 Å². The molecule has 1 fully saturated rings. The maximum Gasteiger partial charge on any atom is 0.225 e. The Morgan fingerprint density at radius 1 is 1.38 bits per heavy atom. The maximum atomic E-state index is 11.5. The van der Waals surface area contributed by atoms with Crippen molar-refractivity contribution < 1.29 is 4.79 Å². The van der Waals surface area contributed by atoms with Gasteiger partial charge in [0.05, 0.1) is 0 Å². The van der Waals surface area contributed by atoms with Crippen molar-refractivity contribution >= 4 is 5.91 Å². The third-order valence-electron chi connectivity index (χ3n) is 3.01. The van der Waals surface area contributed by atoms with Gasteiger partial charge >= 0.3 is 0 Å². The van der Waals surface area contributed by atoms with E-state index in [-0.39, 0.29) is 11.3 Å². The Labute approximate surface area is 81.1 Å². The Bertz CT molecular complexity index is 199. The molecular weight excluding hydrogens is 162 g/mol. The minimum absolute atomic E-state index is 0.173. The largest absolute Gasteiger partial charge is 0.355 e. The zero-order valence-corrected chi connectivity index (χ0v) is 9.24. The zero-order chi connectivity index (χ0) is 10.1. The fourth-order valence-corrected chi connectivity index (χ4v) is 1.37. The number of nitrogens with one attached hydrogen (secondary N) is 1. The van der Waals surface area contributed by atoms with Crippen molar-refractivity contribution in [3.8, 4) is 0 Å². The molecule has 0 radical (unpaired) electrons. The molecular formula is C11H21NO. The van der Waals surface area contributed by atoms with Crippen LogP contribution >= 0.6 is 0 Å². The third-order valence-corrected chi connectivity index (χ3v) is 3.01. The van der Waals surface area contributed by atoms with E-state index in [1.54, 1.807) is 0 Å². The zero-order valence-electron chi connectivity index (χ0n) is 9.24. The van der Waals surface area contributed by atoms with Crippen LogP contribution in [-0.4, -0.2) is 12.5 Å². The first-order valence-corrected chi connectivity index (χ1v) is 5.18. The molecule has 0 atom stereocenters. The fraction of sp³-hybridized carbons (Fsp3) is 0.909. The molecule has 0 aromatic rings. The monoisotopic (exact) mass is 183 g/mol. The fourth-order valence-electron chi connectivity index (χ4n) is 1.37. The molecule has 1 amide bonds. The molecule has 2 heteroatoms. The molecule has 1 aliphatic carbocycles. The van der Waals surface area contributed by atoms with E-state index >= 15 is 0 Å². The minimum Gasteiger partial charge on any atom is -0.355 e. The van der Waals surface area contributed by atoms with Crippen molar-refractivity contribution in [2.75, 3.05) is 6.54 Å². The third kappa shape index (κ3) is 2.71. The molecule has 1 aliphatic rings. The van der Waals surface area contributed by atoms with Crippen molar-refractivity contribution in [1.29, 1.82) is 0 Å². The smallest absolute Gasteiger partial charge is 0.225 e. The van der Waals surface area contributed by atoms with E-state index in [9.17, 15) is 4.79 Å². The second-order valence-electron chi connectivity index (χ2n) is 5.29. The minimum atomic E-state index is -0.246. The molecule has 76 valence electrons. The summed E-state index contributed by atoms with van der Waals surface area (Å²) in [4.78, 5) is 11.5. The van der Waals surface area contributed by atoms with Crippen LogP contribution in [0.5, 0.6) is 0 Å². The molecule has 1 saturated carbocycles. The molecule has 1 rings (SSSR count). The number of rotatable bonds is 3. The molecule has 1 N–H and O–H groups in total. The van der Waals surface area contributed by atoms with Gasteiger partial charge in [-0.15, -0.1) is 0 Å². The van der Waals surface area contributed by atoms with Gasteiger partial charge in [-0.3, -0.25) is 4.79 Å². The maximum absolute atomic E-state index is 11.5. The predicted molar refractivity (Wildman–Crippen MR) is 54.4 cm³/mol. The van der Waals surface area contributed by atoms with Crippen LogP contribution in [-0.2, 0) is 4.79 Å². The van der Waals surface area contributed by atoms with Crippen LogP contribution in [0.2, 0.25) is 0 Å². The van der Waals surface area contributed by atoms with Gasteiger partial charge < -0.3 is 5.32 Å². The van der Waals surface area contributed by atoms with Crippen LogP contribution in [0.4, 0.5) is 0 Å². The Hall–Kier alpha value is -0.530. The first kappa shape index (κ1) is 10.6. The van der Waals surface area contributed by atoms with Gasteiger partial charge in [-0.2, -0.15) is 0 Å². The van der Waals surface area contributed by atoms with E-state index in [1.807, 2.05) is 20.8 Å². The Kier molecular flexibility index (Phi) is 2.69. The van der Waals surface area contributed by atoms with Crippen molar-refractivity contribution in [1.82, 2.24) is 5.32 Å². The van der Waals surface area contributed by atoms with Crippen LogP contribution in [0.25, 0.3) is 0 Å². The van der Waals surface area contributed by atoms with Gasteiger partial charge in [0, 0.05) is 12.0 Å². The Morgan fingerprint density at radius 2 is 1.92 bits per heavy atom. The molecule has 0 saturated heterocycles. The number of hydrogen-bond donors (Lipinski definition) is 1. The normalized spacial score (nSPS) is 19.7. The SMILES string of the molecule is CCC1(CNC(=O)C(C)(C)C)CC1. The summed E-state index contributed by atoms with van der Waals surface area (Å²) in [6.07, 6.45) is 3.76. The second-order valence-corrected chi connectivity index (χ2v) is 5.29. The summed E-state index contributed by atoms with van der Waals surface area (Å²) in [6, 6.07) is 0. The Morgan fingerprint density at radius 3 is 2.23 bits per heavy atom. The molecule has 0 aromatic carbocycles. The average Bonchev–Trinajstić information content (AvgIpc) is 2.79. The standard InChI is InChI=1S/C11H21NO/c1-5-11(6-7-11)8-12-9(13)10(2,3)4/h5-8H2,1-4H3,(H,12,13). The summed E-state index contributed by atoms with van der Waals surface area (Å²) in [5.41, 5.74) is 0.213. The lowest BCUT2D eigenvalue weighted by Crippen LogP contribution is -2.38. The quantitative estimate of drug-likeness (QED) is 0.715. The van der Waals surface area contributed by atoms with Gasteiger partial charge in [0.2, 0.25) is 5.91 Å². The molecule has 2 nitrogen and oxygen atoms in total. The van der Waals surface area contributed by atoms with Crippen LogP contribution in [0.1, 0.15) is 47.0 Å². The van der Waals surface area contributed by atoms with Gasteiger partial charge in [-0.05, 0) is 24.7 Å². The molecule has 0 bridgehead atoms. The van der Waals surface area contributed by atoms with Crippen LogP contribution < -0.4 is 5.32 Å². The van der Waals surface area contributed by atoms with Crippen LogP contribution in [0.3, 0.4) is 0 Å². The topological polar surface area (TPSA) is 29.1 Å². The number of hydrogen-bond acceptors (Lipinski definition) is 1. The summed E-state index contributed by atoms with van der Waals surface area (Å²) in [6.45, 7) is 8.94. The van der Waals surface area contributed by atoms with Crippen molar-refractivity contribution in [2.24, 2.45) is 10.8 Å². The van der Waals surface area contributed by atoms with Crippen LogP contribution in [0, 0.1) is 10.8 Å². The van der Waals surface area contributed by atoms with Gasteiger partial charge in [0.15, 0.2) is 0 Å². The second kappa shape index (κ2) is 3.32. The lowest BCUT2D eigenvalue weighted by Gasteiger charge is -2.20. The lowest BCUT2D eigenvalue weighted by atomic mass is 9.95.